The van der Waals surface area contributed by atoms with Gasteiger partial charge in [-0.05, 0) is 42.0 Å². The minimum absolute atomic E-state index is 0.0494. The highest BCUT2D eigenvalue weighted by molar-refractivity contribution is 5.84. The fourth-order valence-corrected chi connectivity index (χ4v) is 2.70. The van der Waals surface area contributed by atoms with Crippen LogP contribution in [0.1, 0.15) is 18.4 Å². The standard InChI is InChI=1S/C15H18N2O2/c18-11-12-3-4-14-13(9-12)5-8-17(14)10-15(19)16-6-1-2-7-16/h3-5,8-9,18H,1-2,6-7,10-11H2. The number of amides is 1. The maximum Gasteiger partial charge on any atom is 0.242 e. The Morgan fingerprint density at radius 2 is 2.00 bits per heavy atom. The van der Waals surface area contributed by atoms with Gasteiger partial charge < -0.3 is 14.6 Å². The predicted octanol–water partition coefficient (Wildman–Crippen LogP) is 1.76. The number of aliphatic hydroxyl groups excluding tert-OH is 1. The summed E-state index contributed by atoms with van der Waals surface area (Å²) in [4.78, 5) is 14.1. The Morgan fingerprint density at radius 1 is 1.21 bits per heavy atom. The van der Waals surface area contributed by atoms with E-state index in [1.807, 2.05) is 39.9 Å². The summed E-state index contributed by atoms with van der Waals surface area (Å²) in [5, 5.41) is 10.2. The number of carbonyl (C=O) groups is 1. The van der Waals surface area contributed by atoms with Crippen molar-refractivity contribution in [3.8, 4) is 0 Å². The number of aliphatic hydroxyl groups is 1. The molecule has 1 N–H and O–H groups in total. The molecule has 0 atom stereocenters. The minimum Gasteiger partial charge on any atom is -0.392 e. The number of aromatic nitrogens is 1. The molecule has 0 spiro atoms. The molecule has 1 fully saturated rings. The molecule has 100 valence electrons. The fourth-order valence-electron chi connectivity index (χ4n) is 2.70. The molecule has 1 aliphatic heterocycles. The summed E-state index contributed by atoms with van der Waals surface area (Å²) >= 11 is 0. The molecule has 19 heavy (non-hydrogen) atoms. The van der Waals surface area contributed by atoms with E-state index in [2.05, 4.69) is 0 Å². The summed E-state index contributed by atoms with van der Waals surface area (Å²) in [6.07, 6.45) is 4.19. The van der Waals surface area contributed by atoms with Crippen molar-refractivity contribution in [2.24, 2.45) is 0 Å². The van der Waals surface area contributed by atoms with Crippen molar-refractivity contribution in [2.75, 3.05) is 13.1 Å². The quantitative estimate of drug-likeness (QED) is 0.911. The van der Waals surface area contributed by atoms with Gasteiger partial charge >= 0.3 is 0 Å². The molecule has 0 saturated carbocycles. The van der Waals surface area contributed by atoms with E-state index in [4.69, 9.17) is 5.11 Å². The SMILES string of the molecule is O=C(Cn1ccc2cc(CO)ccc21)N1CCCC1. The van der Waals surface area contributed by atoms with Crippen molar-refractivity contribution >= 4 is 16.8 Å². The van der Waals surface area contributed by atoms with E-state index in [1.54, 1.807) is 0 Å². The molecule has 0 bridgehead atoms. The molecule has 1 aromatic heterocycles. The molecule has 1 aromatic carbocycles. The average molecular weight is 258 g/mol. The maximum absolute atomic E-state index is 12.1. The smallest absolute Gasteiger partial charge is 0.242 e. The first-order chi connectivity index (χ1) is 9.28. The summed E-state index contributed by atoms with van der Waals surface area (Å²) in [7, 11) is 0. The number of hydrogen-bond donors (Lipinski definition) is 1. The van der Waals surface area contributed by atoms with Gasteiger partial charge in [0, 0.05) is 24.8 Å². The van der Waals surface area contributed by atoms with Crippen molar-refractivity contribution in [1.29, 1.82) is 0 Å². The number of hydrogen-bond acceptors (Lipinski definition) is 2. The molecular weight excluding hydrogens is 240 g/mol. The number of carbonyl (C=O) groups excluding carboxylic acids is 1. The summed E-state index contributed by atoms with van der Waals surface area (Å²) in [5.74, 6) is 0.196. The molecule has 4 nitrogen and oxygen atoms in total. The van der Waals surface area contributed by atoms with Crippen LogP contribution in [0.2, 0.25) is 0 Å². The van der Waals surface area contributed by atoms with Gasteiger partial charge in [-0.3, -0.25) is 4.79 Å². The van der Waals surface area contributed by atoms with Gasteiger partial charge in [-0.15, -0.1) is 0 Å². The third-order valence-corrected chi connectivity index (χ3v) is 3.78. The van der Waals surface area contributed by atoms with Crippen LogP contribution in [0.15, 0.2) is 30.5 Å². The number of rotatable bonds is 3. The Morgan fingerprint density at radius 3 is 2.74 bits per heavy atom. The van der Waals surface area contributed by atoms with Gasteiger partial charge in [-0.2, -0.15) is 0 Å². The van der Waals surface area contributed by atoms with Crippen LogP contribution in [0.25, 0.3) is 10.9 Å². The Labute approximate surface area is 112 Å². The third kappa shape index (κ3) is 2.36. The maximum atomic E-state index is 12.1. The van der Waals surface area contributed by atoms with Crippen LogP contribution in [-0.2, 0) is 17.9 Å². The van der Waals surface area contributed by atoms with Gasteiger partial charge in [0.05, 0.1) is 6.61 Å². The second-order valence-corrected chi connectivity index (χ2v) is 5.08. The topological polar surface area (TPSA) is 45.5 Å². The first-order valence-electron chi connectivity index (χ1n) is 6.74. The van der Waals surface area contributed by atoms with Crippen LogP contribution in [0, 0.1) is 0 Å². The summed E-state index contributed by atoms with van der Waals surface area (Å²) in [6, 6.07) is 7.83. The lowest BCUT2D eigenvalue weighted by Crippen LogP contribution is -2.30. The Balaban J connectivity index is 1.82. The van der Waals surface area contributed by atoms with Crippen molar-refractivity contribution in [1.82, 2.24) is 9.47 Å². The van der Waals surface area contributed by atoms with Crippen LogP contribution in [0.3, 0.4) is 0 Å². The molecule has 1 saturated heterocycles. The Bertz CT molecular complexity index is 597. The largest absolute Gasteiger partial charge is 0.392 e. The number of likely N-dealkylation sites (tertiary alicyclic amines) is 1. The summed E-state index contributed by atoms with van der Waals surface area (Å²) in [5.41, 5.74) is 1.95. The van der Waals surface area contributed by atoms with E-state index in [-0.39, 0.29) is 12.5 Å². The van der Waals surface area contributed by atoms with Crippen LogP contribution in [0.5, 0.6) is 0 Å². The van der Waals surface area contributed by atoms with E-state index in [0.29, 0.717) is 6.54 Å². The first-order valence-corrected chi connectivity index (χ1v) is 6.74. The van der Waals surface area contributed by atoms with Crippen LogP contribution >= 0.6 is 0 Å². The van der Waals surface area contributed by atoms with Crippen molar-refractivity contribution in [3.63, 3.8) is 0 Å². The molecule has 4 heteroatoms. The monoisotopic (exact) mass is 258 g/mol. The molecule has 1 amide bonds. The van der Waals surface area contributed by atoms with Gasteiger partial charge in [0.25, 0.3) is 0 Å². The molecule has 2 aromatic rings. The predicted molar refractivity (Wildman–Crippen MR) is 73.7 cm³/mol. The van der Waals surface area contributed by atoms with E-state index in [1.165, 1.54) is 0 Å². The van der Waals surface area contributed by atoms with E-state index in [9.17, 15) is 4.79 Å². The molecule has 2 heterocycles. The number of nitrogens with zero attached hydrogens (tertiary/aromatic N) is 2. The molecule has 3 rings (SSSR count). The van der Waals surface area contributed by atoms with Gasteiger partial charge in [-0.25, -0.2) is 0 Å². The highest BCUT2D eigenvalue weighted by Crippen LogP contribution is 2.18. The highest BCUT2D eigenvalue weighted by atomic mass is 16.3. The average Bonchev–Trinajstić information content (AvgIpc) is 3.08. The second kappa shape index (κ2) is 5.05. The second-order valence-electron chi connectivity index (χ2n) is 5.08. The molecular formula is C15H18N2O2. The van der Waals surface area contributed by atoms with E-state index < -0.39 is 0 Å². The van der Waals surface area contributed by atoms with Gasteiger partial charge in [-0.1, -0.05) is 6.07 Å². The first kappa shape index (κ1) is 12.2. The summed E-state index contributed by atoms with van der Waals surface area (Å²) < 4.78 is 1.98. The van der Waals surface area contributed by atoms with Gasteiger partial charge in [0.1, 0.15) is 6.54 Å². The van der Waals surface area contributed by atoms with Gasteiger partial charge in [0.15, 0.2) is 0 Å². The van der Waals surface area contributed by atoms with Crippen molar-refractivity contribution < 1.29 is 9.90 Å². The number of fused-ring (bicyclic) bond motifs is 1. The van der Waals surface area contributed by atoms with Gasteiger partial charge in [0.2, 0.25) is 5.91 Å². The Kier molecular flexibility index (Phi) is 3.25. The zero-order valence-electron chi connectivity index (χ0n) is 10.9. The lowest BCUT2D eigenvalue weighted by molar-refractivity contribution is -0.130. The van der Waals surface area contributed by atoms with Crippen molar-refractivity contribution in [2.45, 2.75) is 26.0 Å². The van der Waals surface area contributed by atoms with E-state index >= 15 is 0 Å². The fraction of sp³-hybridized carbons (Fsp3) is 0.400. The molecule has 0 radical (unpaired) electrons. The molecule has 0 unspecified atom stereocenters. The lowest BCUT2D eigenvalue weighted by atomic mass is 10.2. The molecule has 0 aliphatic carbocycles. The Hall–Kier alpha value is -1.81. The number of benzene rings is 1. The van der Waals surface area contributed by atoms with Crippen molar-refractivity contribution in [3.05, 3.63) is 36.0 Å². The zero-order valence-corrected chi connectivity index (χ0v) is 10.9. The zero-order chi connectivity index (χ0) is 13.2. The van der Waals surface area contributed by atoms with Crippen LogP contribution in [-0.4, -0.2) is 33.6 Å². The summed E-state index contributed by atoms with van der Waals surface area (Å²) in [6.45, 7) is 2.25. The van der Waals surface area contributed by atoms with Crippen LogP contribution < -0.4 is 0 Å². The van der Waals surface area contributed by atoms with E-state index in [0.717, 1.165) is 42.4 Å². The van der Waals surface area contributed by atoms with Crippen LogP contribution in [0.4, 0.5) is 0 Å². The third-order valence-electron chi connectivity index (χ3n) is 3.78. The normalized spacial score (nSPS) is 15.3. The minimum atomic E-state index is 0.0494. The highest BCUT2D eigenvalue weighted by Gasteiger charge is 2.18. The molecule has 1 aliphatic rings. The lowest BCUT2D eigenvalue weighted by Gasteiger charge is -2.16.